The van der Waals surface area contributed by atoms with Crippen LogP contribution in [0, 0.1) is 0 Å². The van der Waals surface area contributed by atoms with Crippen molar-refractivity contribution in [3.05, 3.63) is 22.2 Å². The lowest BCUT2D eigenvalue weighted by atomic mass is 10.2. The van der Waals surface area contributed by atoms with Gasteiger partial charge >= 0.3 is 5.97 Å². The van der Waals surface area contributed by atoms with E-state index in [-0.39, 0.29) is 5.56 Å². The summed E-state index contributed by atoms with van der Waals surface area (Å²) < 4.78 is 10.9. The Morgan fingerprint density at radius 1 is 1.47 bits per heavy atom. The molecule has 17 heavy (non-hydrogen) atoms. The maximum atomic E-state index is 11.0. The van der Waals surface area contributed by atoms with Crippen molar-refractivity contribution in [2.75, 3.05) is 26.6 Å². The van der Waals surface area contributed by atoms with Crippen molar-refractivity contribution in [3.8, 4) is 5.75 Å². The van der Waals surface area contributed by atoms with E-state index < -0.39 is 5.97 Å². The van der Waals surface area contributed by atoms with Crippen LogP contribution in [0.1, 0.15) is 10.4 Å². The van der Waals surface area contributed by atoms with Gasteiger partial charge in [0, 0.05) is 7.11 Å². The molecule has 6 heteroatoms. The Kier molecular flexibility index (Phi) is 5.80. The van der Waals surface area contributed by atoms with Gasteiger partial charge in [0.1, 0.15) is 12.4 Å². The van der Waals surface area contributed by atoms with Crippen molar-refractivity contribution in [2.45, 2.75) is 4.90 Å². The average Bonchev–Trinajstić information content (AvgIpc) is 2.30. The fourth-order valence-electron chi connectivity index (χ4n) is 1.23. The van der Waals surface area contributed by atoms with Crippen LogP contribution < -0.4 is 4.74 Å². The van der Waals surface area contributed by atoms with Crippen LogP contribution in [0.4, 0.5) is 0 Å². The van der Waals surface area contributed by atoms with Crippen LogP contribution in [0.2, 0.25) is 0 Å². The van der Waals surface area contributed by atoms with Crippen molar-refractivity contribution in [1.29, 1.82) is 0 Å². The molecule has 0 aliphatic carbocycles. The van der Waals surface area contributed by atoms with E-state index >= 15 is 0 Å². The van der Waals surface area contributed by atoms with E-state index in [4.69, 9.17) is 14.6 Å². The number of hydrogen-bond donors (Lipinski definition) is 1. The van der Waals surface area contributed by atoms with Crippen molar-refractivity contribution < 1.29 is 19.4 Å². The molecule has 0 bridgehead atoms. The highest BCUT2D eigenvalue weighted by molar-refractivity contribution is 9.10. The fraction of sp³-hybridized carbons (Fsp3) is 0.364. The standard InChI is InChI=1S/C11H13BrO4S/c1-15-5-6-16-10-8(17-2)4-3-7(9(10)12)11(13)14/h3-4H,5-6H2,1-2H3,(H,13,14). The average molecular weight is 321 g/mol. The zero-order valence-electron chi connectivity index (χ0n) is 9.53. The predicted octanol–water partition coefficient (Wildman–Crippen LogP) is 2.89. The SMILES string of the molecule is COCCOc1c(SC)ccc(C(=O)O)c1Br. The van der Waals surface area contributed by atoms with Gasteiger partial charge in [0.25, 0.3) is 0 Å². The molecule has 0 unspecified atom stereocenters. The van der Waals surface area contributed by atoms with E-state index in [2.05, 4.69) is 15.9 Å². The third-order valence-electron chi connectivity index (χ3n) is 2.05. The van der Waals surface area contributed by atoms with Crippen LogP contribution in [0.25, 0.3) is 0 Å². The normalized spacial score (nSPS) is 10.3. The third-order valence-corrected chi connectivity index (χ3v) is 3.59. The maximum Gasteiger partial charge on any atom is 0.336 e. The highest BCUT2D eigenvalue weighted by Crippen LogP contribution is 2.37. The smallest absolute Gasteiger partial charge is 0.336 e. The first kappa shape index (κ1) is 14.3. The molecule has 0 heterocycles. The number of halogens is 1. The van der Waals surface area contributed by atoms with Crippen LogP contribution in [-0.4, -0.2) is 37.7 Å². The van der Waals surface area contributed by atoms with Gasteiger partial charge in [-0.25, -0.2) is 4.79 Å². The molecule has 0 aromatic heterocycles. The lowest BCUT2D eigenvalue weighted by molar-refractivity contribution is 0.0695. The maximum absolute atomic E-state index is 11.0. The fourth-order valence-corrected chi connectivity index (χ4v) is 2.54. The Bertz CT molecular complexity index is 409. The van der Waals surface area contributed by atoms with Crippen LogP contribution >= 0.6 is 27.7 Å². The number of carbonyl (C=O) groups is 1. The van der Waals surface area contributed by atoms with Gasteiger partial charge in [-0.2, -0.15) is 0 Å². The highest BCUT2D eigenvalue weighted by Gasteiger charge is 2.16. The number of rotatable bonds is 6. The Hall–Kier alpha value is -0.720. The van der Waals surface area contributed by atoms with Gasteiger partial charge < -0.3 is 14.6 Å². The number of methoxy groups -OCH3 is 1. The third kappa shape index (κ3) is 3.62. The predicted molar refractivity (Wildman–Crippen MR) is 70.3 cm³/mol. The topological polar surface area (TPSA) is 55.8 Å². The van der Waals surface area contributed by atoms with Crippen LogP contribution in [0.5, 0.6) is 5.75 Å². The second-order valence-electron chi connectivity index (χ2n) is 3.10. The van der Waals surface area contributed by atoms with Crippen molar-refractivity contribution in [1.82, 2.24) is 0 Å². The second-order valence-corrected chi connectivity index (χ2v) is 4.75. The Morgan fingerprint density at radius 2 is 2.18 bits per heavy atom. The minimum atomic E-state index is -0.985. The van der Waals surface area contributed by atoms with Gasteiger partial charge in [0.05, 0.1) is 21.5 Å². The molecule has 0 radical (unpaired) electrons. The Morgan fingerprint density at radius 3 is 2.71 bits per heavy atom. The zero-order chi connectivity index (χ0) is 12.8. The summed E-state index contributed by atoms with van der Waals surface area (Å²) in [7, 11) is 1.58. The summed E-state index contributed by atoms with van der Waals surface area (Å²) in [6.07, 6.45) is 1.91. The van der Waals surface area contributed by atoms with E-state index in [1.165, 1.54) is 11.8 Å². The van der Waals surface area contributed by atoms with Crippen LogP contribution in [0.15, 0.2) is 21.5 Å². The molecule has 0 aliphatic heterocycles. The van der Waals surface area contributed by atoms with Gasteiger partial charge in [-0.05, 0) is 34.3 Å². The molecule has 0 saturated carbocycles. The molecule has 0 saturated heterocycles. The second kappa shape index (κ2) is 6.88. The van der Waals surface area contributed by atoms with Gasteiger partial charge in [0.15, 0.2) is 0 Å². The highest BCUT2D eigenvalue weighted by atomic mass is 79.9. The molecular weight excluding hydrogens is 308 g/mol. The quantitative estimate of drug-likeness (QED) is 0.645. The summed E-state index contributed by atoms with van der Waals surface area (Å²) in [6, 6.07) is 3.29. The van der Waals surface area contributed by atoms with E-state index in [1.807, 2.05) is 6.26 Å². The number of carboxylic acid groups (broad SMARTS) is 1. The number of aromatic carboxylic acids is 1. The summed E-state index contributed by atoms with van der Waals surface area (Å²) in [4.78, 5) is 11.9. The van der Waals surface area contributed by atoms with E-state index in [1.54, 1.807) is 19.2 Å². The van der Waals surface area contributed by atoms with E-state index in [9.17, 15) is 4.79 Å². The number of benzene rings is 1. The molecular formula is C11H13BrO4S. The molecule has 1 aromatic rings. The monoisotopic (exact) mass is 320 g/mol. The lowest BCUT2D eigenvalue weighted by Crippen LogP contribution is -2.07. The molecule has 4 nitrogen and oxygen atoms in total. The first-order chi connectivity index (χ1) is 8.11. The molecule has 0 atom stereocenters. The molecule has 0 aliphatic rings. The number of thioether (sulfide) groups is 1. The first-order valence-electron chi connectivity index (χ1n) is 4.83. The molecule has 94 valence electrons. The molecule has 0 fully saturated rings. The van der Waals surface area contributed by atoms with E-state index in [0.717, 1.165) is 4.90 Å². The van der Waals surface area contributed by atoms with Crippen molar-refractivity contribution in [2.24, 2.45) is 0 Å². The van der Waals surface area contributed by atoms with Gasteiger partial charge in [-0.1, -0.05) is 0 Å². The minimum absolute atomic E-state index is 0.190. The summed E-state index contributed by atoms with van der Waals surface area (Å²) in [5.74, 6) is -0.435. The molecule has 1 rings (SSSR count). The zero-order valence-corrected chi connectivity index (χ0v) is 11.9. The summed E-state index contributed by atoms with van der Waals surface area (Å²) in [6.45, 7) is 0.837. The number of carboxylic acids is 1. The summed E-state index contributed by atoms with van der Waals surface area (Å²) >= 11 is 4.76. The number of hydrogen-bond acceptors (Lipinski definition) is 4. The van der Waals surface area contributed by atoms with Gasteiger partial charge in [-0.15, -0.1) is 11.8 Å². The van der Waals surface area contributed by atoms with Crippen molar-refractivity contribution in [3.63, 3.8) is 0 Å². The van der Waals surface area contributed by atoms with Gasteiger partial charge in [0.2, 0.25) is 0 Å². The first-order valence-corrected chi connectivity index (χ1v) is 6.85. The minimum Gasteiger partial charge on any atom is -0.489 e. The van der Waals surface area contributed by atoms with Crippen LogP contribution in [0.3, 0.4) is 0 Å². The van der Waals surface area contributed by atoms with Gasteiger partial charge in [-0.3, -0.25) is 0 Å². The molecule has 0 amide bonds. The molecule has 1 N–H and O–H groups in total. The van der Waals surface area contributed by atoms with E-state index in [0.29, 0.717) is 23.4 Å². The Labute approximate surface area is 112 Å². The Balaban J connectivity index is 3.04. The van der Waals surface area contributed by atoms with Crippen molar-refractivity contribution >= 4 is 33.7 Å². The lowest BCUT2D eigenvalue weighted by Gasteiger charge is -2.13. The number of ether oxygens (including phenoxy) is 2. The van der Waals surface area contributed by atoms with Crippen LogP contribution in [-0.2, 0) is 4.74 Å². The molecule has 0 spiro atoms. The molecule has 1 aromatic carbocycles. The summed E-state index contributed by atoms with van der Waals surface area (Å²) in [5, 5.41) is 9.01. The summed E-state index contributed by atoms with van der Waals surface area (Å²) in [5.41, 5.74) is 0.190. The largest absolute Gasteiger partial charge is 0.489 e.